The van der Waals surface area contributed by atoms with E-state index in [0.29, 0.717) is 5.52 Å². The van der Waals surface area contributed by atoms with Gasteiger partial charge in [0.15, 0.2) is 11.7 Å². The number of aliphatic hydroxyl groups is 2. The predicted octanol–water partition coefficient (Wildman–Crippen LogP) is -0.0198. The summed E-state index contributed by atoms with van der Waals surface area (Å²) in [5.41, 5.74) is 0.496. The third-order valence-corrected chi connectivity index (χ3v) is 3.32. The second-order valence-corrected chi connectivity index (χ2v) is 4.55. The Hall–Kier alpha value is -2.10. The number of aromatic nitrogens is 3. The number of benzene rings is 1. The quantitative estimate of drug-likeness (QED) is 0.598. The van der Waals surface area contributed by atoms with Crippen molar-refractivity contribution in [3.8, 4) is 0 Å². The van der Waals surface area contributed by atoms with Crippen LogP contribution in [0.3, 0.4) is 0 Å². The van der Waals surface area contributed by atoms with E-state index in [1.807, 2.05) is 0 Å². The maximum Gasteiger partial charge on any atom is 0.296 e. The fourth-order valence-electron chi connectivity index (χ4n) is 2.35. The van der Waals surface area contributed by atoms with E-state index in [-0.39, 0.29) is 24.2 Å². The molecular formula is C11H12N4O5. The van der Waals surface area contributed by atoms with Gasteiger partial charge >= 0.3 is 0 Å². The molecule has 0 unspecified atom stereocenters. The second kappa shape index (κ2) is 4.78. The van der Waals surface area contributed by atoms with Crippen molar-refractivity contribution in [2.24, 2.45) is 0 Å². The number of hydrogen-bond donors (Lipinski definition) is 2. The third kappa shape index (κ3) is 1.92. The molecule has 1 aliphatic rings. The van der Waals surface area contributed by atoms with Gasteiger partial charge in [-0.05, 0) is 6.07 Å². The Labute approximate surface area is 112 Å². The molecule has 9 heteroatoms. The molecule has 0 spiro atoms. The van der Waals surface area contributed by atoms with Gasteiger partial charge < -0.3 is 14.9 Å². The van der Waals surface area contributed by atoms with Gasteiger partial charge in [-0.25, -0.2) is 4.68 Å². The molecule has 1 saturated heterocycles. The van der Waals surface area contributed by atoms with Crippen molar-refractivity contribution in [2.75, 3.05) is 6.61 Å². The number of para-hydroxylation sites is 1. The number of fused-ring (bicyclic) bond motifs is 1. The first-order valence-corrected chi connectivity index (χ1v) is 6.04. The molecule has 3 atom stereocenters. The topological polar surface area (TPSA) is 124 Å². The summed E-state index contributed by atoms with van der Waals surface area (Å²) in [5, 5.41) is 37.6. The first-order chi connectivity index (χ1) is 9.61. The van der Waals surface area contributed by atoms with Crippen LogP contribution < -0.4 is 0 Å². The third-order valence-electron chi connectivity index (χ3n) is 3.32. The van der Waals surface area contributed by atoms with Crippen LogP contribution in [0.15, 0.2) is 18.2 Å². The van der Waals surface area contributed by atoms with Gasteiger partial charge in [0.05, 0.1) is 17.6 Å². The maximum atomic E-state index is 11.1. The Kier molecular flexibility index (Phi) is 3.08. The predicted molar refractivity (Wildman–Crippen MR) is 65.8 cm³/mol. The van der Waals surface area contributed by atoms with Crippen LogP contribution in [-0.2, 0) is 4.74 Å². The number of aliphatic hydroxyl groups excluding tert-OH is 2. The smallest absolute Gasteiger partial charge is 0.296 e. The van der Waals surface area contributed by atoms with Gasteiger partial charge in [0.1, 0.15) is 11.6 Å². The summed E-state index contributed by atoms with van der Waals surface area (Å²) in [7, 11) is 0. The van der Waals surface area contributed by atoms with Crippen molar-refractivity contribution in [2.45, 2.75) is 24.9 Å². The Bertz CT molecular complexity index is 657. The zero-order valence-electron chi connectivity index (χ0n) is 10.3. The van der Waals surface area contributed by atoms with Crippen LogP contribution in [0, 0.1) is 10.1 Å². The molecule has 1 aromatic heterocycles. The van der Waals surface area contributed by atoms with Gasteiger partial charge in [0, 0.05) is 12.5 Å². The minimum absolute atomic E-state index is 0.127. The van der Waals surface area contributed by atoms with Gasteiger partial charge in [-0.15, -0.1) is 5.10 Å². The Morgan fingerprint density at radius 1 is 1.55 bits per heavy atom. The van der Waals surface area contributed by atoms with Crippen LogP contribution in [0.5, 0.6) is 0 Å². The van der Waals surface area contributed by atoms with Gasteiger partial charge in [-0.3, -0.25) is 10.1 Å². The summed E-state index contributed by atoms with van der Waals surface area (Å²) in [5.74, 6) is 0. The second-order valence-electron chi connectivity index (χ2n) is 4.55. The average Bonchev–Trinajstić information content (AvgIpc) is 3.01. The number of non-ortho nitro benzene ring substituents is 1. The number of nitrogens with zero attached hydrogens (tertiary/aromatic N) is 4. The van der Waals surface area contributed by atoms with Crippen molar-refractivity contribution in [1.29, 1.82) is 0 Å². The van der Waals surface area contributed by atoms with Crippen molar-refractivity contribution in [3.63, 3.8) is 0 Å². The molecule has 0 bridgehead atoms. The fourth-order valence-corrected chi connectivity index (χ4v) is 2.35. The standard InChI is InChI=1S/C11H12N4O5/c16-5-9-8(17)4-10(20-9)14-11-6(12-13-14)2-1-3-7(11)15(18)19/h1-3,8-10,16-17H,4-5H2/t8-,9+,10+/m0/s1. The zero-order chi connectivity index (χ0) is 14.3. The summed E-state index contributed by atoms with van der Waals surface area (Å²) in [6, 6.07) is 4.50. The van der Waals surface area contributed by atoms with Crippen LogP contribution >= 0.6 is 0 Å². The first kappa shape index (κ1) is 12.9. The van der Waals surface area contributed by atoms with Crippen LogP contribution in [0.1, 0.15) is 12.6 Å². The van der Waals surface area contributed by atoms with E-state index in [1.165, 1.54) is 16.8 Å². The van der Waals surface area contributed by atoms with Crippen LogP contribution in [0.25, 0.3) is 11.0 Å². The molecular weight excluding hydrogens is 268 g/mol. The van der Waals surface area contributed by atoms with Gasteiger partial charge in [-0.1, -0.05) is 11.3 Å². The molecule has 0 radical (unpaired) electrons. The molecule has 0 amide bonds. The lowest BCUT2D eigenvalue weighted by Gasteiger charge is -2.12. The normalized spacial score (nSPS) is 26.2. The van der Waals surface area contributed by atoms with Crippen molar-refractivity contribution >= 4 is 16.7 Å². The summed E-state index contributed by atoms with van der Waals surface area (Å²) >= 11 is 0. The van der Waals surface area contributed by atoms with Gasteiger partial charge in [-0.2, -0.15) is 0 Å². The highest BCUT2D eigenvalue weighted by Gasteiger charge is 2.36. The van der Waals surface area contributed by atoms with Crippen molar-refractivity contribution in [3.05, 3.63) is 28.3 Å². The number of nitro groups is 1. The number of hydrogen-bond acceptors (Lipinski definition) is 7. The fraction of sp³-hybridized carbons (Fsp3) is 0.455. The lowest BCUT2D eigenvalue weighted by Crippen LogP contribution is -2.24. The van der Waals surface area contributed by atoms with E-state index in [9.17, 15) is 15.2 Å². The SMILES string of the molecule is O=[N+]([O-])c1cccc2nnn([C@H]3C[C@H](O)[C@@H](CO)O3)c12. The van der Waals surface area contributed by atoms with E-state index in [0.717, 1.165) is 0 Å². The number of ether oxygens (including phenoxy) is 1. The zero-order valence-corrected chi connectivity index (χ0v) is 10.3. The van der Waals surface area contributed by atoms with Crippen LogP contribution in [0.2, 0.25) is 0 Å². The molecule has 2 aromatic rings. The Balaban J connectivity index is 2.07. The highest BCUT2D eigenvalue weighted by molar-refractivity contribution is 5.84. The summed E-state index contributed by atoms with van der Waals surface area (Å²) in [6.45, 7) is -0.327. The molecule has 1 aromatic carbocycles. The molecule has 2 N–H and O–H groups in total. The van der Waals surface area contributed by atoms with Crippen molar-refractivity contribution in [1.82, 2.24) is 15.0 Å². The average molecular weight is 280 g/mol. The monoisotopic (exact) mass is 280 g/mol. The van der Waals surface area contributed by atoms with Gasteiger partial charge in [0.2, 0.25) is 0 Å². The lowest BCUT2D eigenvalue weighted by molar-refractivity contribution is -0.383. The minimum atomic E-state index is -0.841. The van der Waals surface area contributed by atoms with Gasteiger partial charge in [0.25, 0.3) is 5.69 Å². The minimum Gasteiger partial charge on any atom is -0.394 e. The molecule has 1 fully saturated rings. The summed E-state index contributed by atoms with van der Waals surface area (Å²) < 4.78 is 6.73. The van der Waals surface area contributed by atoms with E-state index < -0.39 is 23.4 Å². The summed E-state index contributed by atoms with van der Waals surface area (Å²) in [4.78, 5) is 10.6. The van der Waals surface area contributed by atoms with E-state index in [2.05, 4.69) is 10.3 Å². The molecule has 1 aliphatic heterocycles. The first-order valence-electron chi connectivity index (χ1n) is 6.04. The molecule has 20 heavy (non-hydrogen) atoms. The largest absolute Gasteiger partial charge is 0.394 e. The molecule has 0 saturated carbocycles. The van der Waals surface area contributed by atoms with E-state index in [4.69, 9.17) is 9.84 Å². The Morgan fingerprint density at radius 2 is 2.35 bits per heavy atom. The summed E-state index contributed by atoms with van der Waals surface area (Å²) in [6.07, 6.45) is -2.06. The molecule has 3 rings (SSSR count). The molecule has 0 aliphatic carbocycles. The van der Waals surface area contributed by atoms with Crippen LogP contribution in [0.4, 0.5) is 5.69 Å². The highest BCUT2D eigenvalue weighted by atomic mass is 16.6. The lowest BCUT2D eigenvalue weighted by atomic mass is 10.2. The molecule has 106 valence electrons. The number of nitro benzene ring substituents is 1. The van der Waals surface area contributed by atoms with Crippen LogP contribution in [-0.4, -0.2) is 48.9 Å². The van der Waals surface area contributed by atoms with Crippen molar-refractivity contribution < 1.29 is 19.9 Å². The molecule has 9 nitrogen and oxygen atoms in total. The number of rotatable bonds is 3. The molecule has 2 heterocycles. The van der Waals surface area contributed by atoms with E-state index >= 15 is 0 Å². The van der Waals surface area contributed by atoms with E-state index in [1.54, 1.807) is 6.07 Å². The highest BCUT2D eigenvalue weighted by Crippen LogP contribution is 2.33. The maximum absolute atomic E-state index is 11.1. The Morgan fingerprint density at radius 3 is 3.00 bits per heavy atom.